The number of aromatic amines is 1. The van der Waals surface area contributed by atoms with Crippen molar-refractivity contribution in [3.63, 3.8) is 0 Å². The van der Waals surface area contributed by atoms with Gasteiger partial charge in [0.25, 0.3) is 5.56 Å². The van der Waals surface area contributed by atoms with Crippen molar-refractivity contribution in [2.75, 3.05) is 7.11 Å². The largest absolute Gasteiger partial charge is 0.550 e. The standard InChI is InChI=1S/C29H24BrN3O5/c1-38-20-10-7-17(8-11-20)24-16-23(32-33(24)25(34)13-14-26(35)36)28-27(18-5-3-2-4-6-18)21-15-19(30)9-12-22(21)31-29(28)37/h2-12,15,24H,13-14,16H2,1H3,(H,31,37)(H,35,36)/p-1/t24-/m1/s1. The first kappa shape index (κ1) is 25.4. The van der Waals surface area contributed by atoms with Crippen LogP contribution in [-0.4, -0.2) is 34.7 Å². The maximum atomic E-state index is 13.6. The molecule has 192 valence electrons. The van der Waals surface area contributed by atoms with Crippen LogP contribution in [0.25, 0.3) is 22.0 Å². The first-order chi connectivity index (χ1) is 18.4. The topological polar surface area (TPSA) is 115 Å². The van der Waals surface area contributed by atoms with E-state index in [4.69, 9.17) is 4.74 Å². The lowest BCUT2D eigenvalue weighted by Gasteiger charge is -2.22. The summed E-state index contributed by atoms with van der Waals surface area (Å²) < 4.78 is 6.11. The van der Waals surface area contributed by atoms with Crippen molar-refractivity contribution < 1.29 is 19.4 Å². The van der Waals surface area contributed by atoms with E-state index in [2.05, 4.69) is 26.0 Å². The molecule has 1 aliphatic heterocycles. The molecular weight excluding hydrogens is 550 g/mol. The molecular formula is C29H23BrN3O5-. The second-order valence-electron chi connectivity index (χ2n) is 8.91. The number of hydrogen-bond acceptors (Lipinski definition) is 6. The number of benzene rings is 3. The van der Waals surface area contributed by atoms with E-state index in [1.165, 1.54) is 5.01 Å². The Balaban J connectivity index is 1.68. The molecule has 1 N–H and O–H groups in total. The van der Waals surface area contributed by atoms with Crippen LogP contribution in [-0.2, 0) is 9.59 Å². The molecule has 0 unspecified atom stereocenters. The van der Waals surface area contributed by atoms with E-state index in [-0.39, 0.29) is 18.4 Å². The smallest absolute Gasteiger partial charge is 0.258 e. The molecule has 4 aromatic rings. The van der Waals surface area contributed by atoms with Crippen LogP contribution in [0.15, 0.2) is 87.2 Å². The number of carbonyl (C=O) groups is 2. The molecule has 0 saturated heterocycles. The van der Waals surface area contributed by atoms with Crippen LogP contribution >= 0.6 is 15.9 Å². The van der Waals surface area contributed by atoms with Crippen LogP contribution in [0.3, 0.4) is 0 Å². The maximum absolute atomic E-state index is 13.6. The van der Waals surface area contributed by atoms with Crippen molar-refractivity contribution in [1.82, 2.24) is 9.99 Å². The van der Waals surface area contributed by atoms with Crippen molar-refractivity contribution in [3.8, 4) is 16.9 Å². The van der Waals surface area contributed by atoms with Gasteiger partial charge in [0.1, 0.15) is 5.75 Å². The first-order valence-corrected chi connectivity index (χ1v) is 12.8. The third-order valence-electron chi connectivity index (χ3n) is 6.54. The van der Waals surface area contributed by atoms with Crippen molar-refractivity contribution >= 4 is 44.4 Å². The number of fused-ring (bicyclic) bond motifs is 1. The summed E-state index contributed by atoms with van der Waals surface area (Å²) in [5.41, 5.74) is 3.49. The summed E-state index contributed by atoms with van der Waals surface area (Å²) in [5, 5.41) is 17.8. The lowest BCUT2D eigenvalue weighted by atomic mass is 9.91. The van der Waals surface area contributed by atoms with Gasteiger partial charge in [-0.15, -0.1) is 0 Å². The normalized spacial score (nSPS) is 14.9. The molecule has 5 rings (SSSR count). The monoisotopic (exact) mass is 572 g/mol. The van der Waals surface area contributed by atoms with Gasteiger partial charge >= 0.3 is 0 Å². The lowest BCUT2D eigenvalue weighted by Crippen LogP contribution is -2.29. The number of nitrogens with zero attached hydrogens (tertiary/aromatic N) is 2. The fourth-order valence-electron chi connectivity index (χ4n) is 4.75. The number of nitrogens with one attached hydrogen (secondary N) is 1. The fourth-order valence-corrected chi connectivity index (χ4v) is 5.11. The quantitative estimate of drug-likeness (QED) is 0.357. The zero-order valence-corrected chi connectivity index (χ0v) is 22.0. The molecule has 0 radical (unpaired) electrons. The molecule has 1 amide bonds. The Labute approximate surface area is 226 Å². The number of carboxylic acid groups (broad SMARTS) is 1. The summed E-state index contributed by atoms with van der Waals surface area (Å²) in [6.45, 7) is 0. The number of hydrogen-bond donors (Lipinski definition) is 1. The highest BCUT2D eigenvalue weighted by atomic mass is 79.9. The van der Waals surface area contributed by atoms with E-state index in [1.807, 2.05) is 60.7 Å². The molecule has 0 bridgehead atoms. The molecule has 1 aliphatic rings. The van der Waals surface area contributed by atoms with Gasteiger partial charge in [-0.1, -0.05) is 58.4 Å². The number of carbonyl (C=O) groups excluding carboxylic acids is 2. The molecule has 0 aliphatic carbocycles. The number of methoxy groups -OCH3 is 1. The average molecular weight is 573 g/mol. The highest BCUT2D eigenvalue weighted by Crippen LogP contribution is 2.38. The molecule has 9 heteroatoms. The molecule has 2 heterocycles. The Kier molecular flexibility index (Phi) is 7.11. The van der Waals surface area contributed by atoms with Gasteiger partial charge in [0.05, 0.1) is 24.4 Å². The summed E-state index contributed by atoms with van der Waals surface area (Å²) >= 11 is 3.54. The number of halogens is 1. The molecule has 8 nitrogen and oxygen atoms in total. The zero-order chi connectivity index (χ0) is 26.8. The number of pyridine rings is 1. The summed E-state index contributed by atoms with van der Waals surface area (Å²) in [7, 11) is 1.57. The third kappa shape index (κ3) is 4.97. The van der Waals surface area contributed by atoms with Crippen molar-refractivity contribution in [2.45, 2.75) is 25.3 Å². The van der Waals surface area contributed by atoms with E-state index in [0.29, 0.717) is 28.1 Å². The van der Waals surface area contributed by atoms with Gasteiger partial charge in [0, 0.05) is 39.8 Å². The van der Waals surface area contributed by atoms with Gasteiger partial charge in [-0.05, 0) is 47.9 Å². The van der Waals surface area contributed by atoms with Gasteiger partial charge in [-0.25, -0.2) is 5.01 Å². The number of carboxylic acids is 1. The minimum atomic E-state index is -1.31. The molecule has 0 spiro atoms. The summed E-state index contributed by atoms with van der Waals surface area (Å²) in [6, 6.07) is 21.9. The maximum Gasteiger partial charge on any atom is 0.258 e. The first-order valence-electron chi connectivity index (χ1n) is 12.0. The second-order valence-corrected chi connectivity index (χ2v) is 9.83. The minimum Gasteiger partial charge on any atom is -0.550 e. The predicted molar refractivity (Wildman–Crippen MR) is 146 cm³/mol. The van der Waals surface area contributed by atoms with Crippen LogP contribution in [0, 0.1) is 0 Å². The number of aliphatic carboxylic acids is 1. The Hall–Kier alpha value is -4.24. The molecule has 0 saturated carbocycles. The Morgan fingerprint density at radius 1 is 1.05 bits per heavy atom. The number of rotatable bonds is 7. The average Bonchev–Trinajstić information content (AvgIpc) is 3.37. The number of amides is 1. The van der Waals surface area contributed by atoms with Gasteiger partial charge in [-0.2, -0.15) is 5.10 Å². The van der Waals surface area contributed by atoms with Crippen molar-refractivity contribution in [3.05, 3.63) is 98.7 Å². The molecule has 1 atom stereocenters. The van der Waals surface area contributed by atoms with Crippen LogP contribution in [0.2, 0.25) is 0 Å². The van der Waals surface area contributed by atoms with Crippen molar-refractivity contribution in [1.29, 1.82) is 0 Å². The Morgan fingerprint density at radius 3 is 2.47 bits per heavy atom. The van der Waals surface area contributed by atoms with Gasteiger partial charge in [0.15, 0.2) is 0 Å². The molecule has 3 aromatic carbocycles. The summed E-state index contributed by atoms with van der Waals surface area (Å²) in [4.78, 5) is 40.7. The second kappa shape index (κ2) is 10.6. The highest BCUT2D eigenvalue weighted by Gasteiger charge is 2.35. The lowest BCUT2D eigenvalue weighted by molar-refractivity contribution is -0.305. The molecule has 0 fully saturated rings. The third-order valence-corrected chi connectivity index (χ3v) is 7.03. The number of H-pyrrole nitrogens is 1. The zero-order valence-electron chi connectivity index (χ0n) is 20.4. The van der Waals surface area contributed by atoms with E-state index < -0.39 is 24.3 Å². The van der Waals surface area contributed by atoms with Crippen LogP contribution in [0.1, 0.15) is 36.4 Å². The number of ether oxygens (including phenoxy) is 1. The van der Waals surface area contributed by atoms with Crippen LogP contribution < -0.4 is 15.4 Å². The Bertz CT molecular complexity index is 1610. The number of hydrazone groups is 1. The van der Waals surface area contributed by atoms with Crippen LogP contribution in [0.4, 0.5) is 0 Å². The van der Waals surface area contributed by atoms with Gasteiger partial charge in [-0.3, -0.25) is 9.59 Å². The Morgan fingerprint density at radius 2 is 1.79 bits per heavy atom. The van der Waals surface area contributed by atoms with Crippen molar-refractivity contribution in [2.24, 2.45) is 5.10 Å². The van der Waals surface area contributed by atoms with Crippen LogP contribution in [0.5, 0.6) is 5.75 Å². The van der Waals surface area contributed by atoms with E-state index in [9.17, 15) is 19.5 Å². The van der Waals surface area contributed by atoms with Gasteiger partial charge in [0.2, 0.25) is 5.91 Å². The van der Waals surface area contributed by atoms with Gasteiger partial charge < -0.3 is 19.6 Å². The summed E-state index contributed by atoms with van der Waals surface area (Å²) in [5.74, 6) is -1.12. The highest BCUT2D eigenvalue weighted by molar-refractivity contribution is 9.10. The minimum absolute atomic E-state index is 0.266. The number of aromatic nitrogens is 1. The SMILES string of the molecule is COc1ccc([C@H]2CC(c3c(-c4ccccc4)c4cc(Br)ccc4[nH]c3=O)=NN2C(=O)CCC(=O)[O-])cc1. The van der Waals surface area contributed by atoms with E-state index in [1.54, 1.807) is 19.2 Å². The molecule has 38 heavy (non-hydrogen) atoms. The molecule has 1 aromatic heterocycles. The van der Waals surface area contributed by atoms with E-state index in [0.717, 1.165) is 21.0 Å². The predicted octanol–water partition coefficient (Wildman–Crippen LogP) is 4.17. The summed E-state index contributed by atoms with van der Waals surface area (Å²) in [6.07, 6.45) is -0.417. The fraction of sp³-hybridized carbons (Fsp3) is 0.172. The van der Waals surface area contributed by atoms with E-state index >= 15 is 0 Å².